The van der Waals surface area contributed by atoms with Crippen molar-refractivity contribution in [1.82, 2.24) is 15.0 Å². The average molecular weight is 436 g/mol. The number of hydrogen-bond acceptors (Lipinski definition) is 5. The number of carboxylic acids is 1. The number of carboxylic acid groups (broad SMARTS) is 1. The summed E-state index contributed by atoms with van der Waals surface area (Å²) in [7, 11) is 0. The lowest BCUT2D eigenvalue weighted by Gasteiger charge is -2.05. The van der Waals surface area contributed by atoms with Gasteiger partial charge in [0, 0.05) is 11.4 Å². The summed E-state index contributed by atoms with van der Waals surface area (Å²) in [6.07, 6.45) is -0.652. The summed E-state index contributed by atoms with van der Waals surface area (Å²) in [6, 6.07) is 4.52. The Hall–Kier alpha value is -1.97. The van der Waals surface area contributed by atoms with Crippen LogP contribution in [0.4, 0.5) is 5.69 Å². The van der Waals surface area contributed by atoms with Crippen molar-refractivity contribution in [2.45, 2.75) is 12.8 Å². The molecule has 1 amide bonds. The van der Waals surface area contributed by atoms with Crippen LogP contribution in [-0.4, -0.2) is 37.9 Å². The molecule has 0 fully saturated rings. The predicted molar refractivity (Wildman–Crippen MR) is 89.6 cm³/mol. The van der Waals surface area contributed by atoms with Crippen LogP contribution in [0.3, 0.4) is 0 Å². The highest BCUT2D eigenvalue weighted by atomic mass is 79.9. The molecule has 0 spiro atoms. The SMILES string of the molecule is O=C(O)CCC(=O)n1nc(Br)c(C(=O)Nc2ccc(Cl)cc2Cl)n1. The highest BCUT2D eigenvalue weighted by molar-refractivity contribution is 9.10. The Kier molecular flexibility index (Phi) is 5.92. The van der Waals surface area contributed by atoms with Gasteiger partial charge in [-0.25, -0.2) is 0 Å². The van der Waals surface area contributed by atoms with E-state index in [1.807, 2.05) is 0 Å². The number of rotatable bonds is 5. The monoisotopic (exact) mass is 434 g/mol. The van der Waals surface area contributed by atoms with Crippen LogP contribution in [0.15, 0.2) is 22.8 Å². The number of aromatic nitrogens is 3. The minimum absolute atomic E-state index is 0.0359. The number of hydrogen-bond donors (Lipinski definition) is 2. The van der Waals surface area contributed by atoms with Gasteiger partial charge >= 0.3 is 5.97 Å². The zero-order valence-corrected chi connectivity index (χ0v) is 14.9. The Labute approximate surface area is 153 Å². The standard InChI is InChI=1S/C13H9BrCl2N4O4/c14-12-11(18-20(19-12)9(21)3-4-10(22)23)13(24)17-8-2-1-6(15)5-7(8)16/h1-2,5H,3-4H2,(H,17,24)(H,22,23). The van der Waals surface area contributed by atoms with Crippen molar-refractivity contribution in [2.75, 3.05) is 5.32 Å². The normalized spacial score (nSPS) is 10.5. The van der Waals surface area contributed by atoms with Gasteiger partial charge in [-0.1, -0.05) is 23.2 Å². The first-order chi connectivity index (χ1) is 11.3. The lowest BCUT2D eigenvalue weighted by Crippen LogP contribution is -2.18. The zero-order chi connectivity index (χ0) is 17.9. The Balaban J connectivity index is 2.15. The summed E-state index contributed by atoms with van der Waals surface area (Å²) < 4.78 is 0.0359. The van der Waals surface area contributed by atoms with E-state index in [0.717, 1.165) is 0 Å². The number of amides is 1. The summed E-state index contributed by atoms with van der Waals surface area (Å²) in [4.78, 5) is 35.1. The maximum atomic E-state index is 12.2. The molecule has 0 aliphatic heterocycles. The van der Waals surface area contributed by atoms with Crippen LogP contribution in [0.5, 0.6) is 0 Å². The highest BCUT2D eigenvalue weighted by Gasteiger charge is 2.21. The van der Waals surface area contributed by atoms with Crippen LogP contribution in [0.25, 0.3) is 0 Å². The fourth-order valence-corrected chi connectivity index (χ4v) is 2.49. The van der Waals surface area contributed by atoms with Gasteiger partial charge in [-0.05, 0) is 34.1 Å². The molecule has 1 heterocycles. The Morgan fingerprint density at radius 1 is 1.21 bits per heavy atom. The van der Waals surface area contributed by atoms with Crippen LogP contribution in [0, 0.1) is 0 Å². The second-order valence-electron chi connectivity index (χ2n) is 4.49. The lowest BCUT2D eigenvalue weighted by molar-refractivity contribution is -0.137. The number of carbonyl (C=O) groups excluding carboxylic acids is 2. The van der Waals surface area contributed by atoms with E-state index in [2.05, 4.69) is 31.4 Å². The largest absolute Gasteiger partial charge is 0.481 e. The van der Waals surface area contributed by atoms with Crippen molar-refractivity contribution in [1.29, 1.82) is 0 Å². The predicted octanol–water partition coefficient (Wildman–Crippen LogP) is 3.10. The van der Waals surface area contributed by atoms with Gasteiger partial charge in [-0.3, -0.25) is 14.4 Å². The quantitative estimate of drug-likeness (QED) is 0.745. The van der Waals surface area contributed by atoms with Crippen molar-refractivity contribution in [2.24, 2.45) is 0 Å². The third kappa shape index (κ3) is 4.53. The molecular weight excluding hydrogens is 427 g/mol. The fraction of sp³-hybridized carbons (Fsp3) is 0.154. The number of anilines is 1. The molecule has 24 heavy (non-hydrogen) atoms. The molecule has 2 aromatic rings. The van der Waals surface area contributed by atoms with Crippen LogP contribution in [0.1, 0.15) is 28.1 Å². The van der Waals surface area contributed by atoms with Crippen molar-refractivity contribution >= 4 is 62.6 Å². The topological polar surface area (TPSA) is 114 Å². The molecular formula is C13H9BrCl2N4O4. The van der Waals surface area contributed by atoms with Gasteiger partial charge in [0.1, 0.15) is 0 Å². The number of benzene rings is 1. The van der Waals surface area contributed by atoms with Crippen LogP contribution >= 0.6 is 39.1 Å². The summed E-state index contributed by atoms with van der Waals surface area (Å²) in [5.41, 5.74) is 0.161. The van der Waals surface area contributed by atoms with Crippen molar-refractivity contribution in [3.05, 3.63) is 38.5 Å². The first-order valence-electron chi connectivity index (χ1n) is 6.42. The minimum atomic E-state index is -1.12. The average Bonchev–Trinajstić information content (AvgIpc) is 2.89. The molecule has 0 radical (unpaired) electrons. The molecule has 0 unspecified atom stereocenters. The van der Waals surface area contributed by atoms with Crippen molar-refractivity contribution < 1.29 is 19.5 Å². The van der Waals surface area contributed by atoms with Gasteiger partial charge in [0.25, 0.3) is 11.8 Å². The number of carbonyl (C=O) groups is 3. The van der Waals surface area contributed by atoms with Crippen LogP contribution < -0.4 is 5.32 Å². The van der Waals surface area contributed by atoms with Gasteiger partial charge in [0.2, 0.25) is 0 Å². The molecule has 0 aliphatic rings. The molecule has 0 bridgehead atoms. The maximum Gasteiger partial charge on any atom is 0.303 e. The Morgan fingerprint density at radius 2 is 1.92 bits per heavy atom. The van der Waals surface area contributed by atoms with E-state index in [0.29, 0.717) is 15.5 Å². The summed E-state index contributed by atoms with van der Waals surface area (Å²) >= 11 is 14.8. The van der Waals surface area contributed by atoms with E-state index in [1.165, 1.54) is 12.1 Å². The van der Waals surface area contributed by atoms with Gasteiger partial charge in [-0.2, -0.15) is 0 Å². The van der Waals surface area contributed by atoms with Crippen LogP contribution in [-0.2, 0) is 4.79 Å². The summed E-state index contributed by atoms with van der Waals surface area (Å²) in [5.74, 6) is -2.42. The molecule has 0 saturated carbocycles. The van der Waals surface area contributed by atoms with E-state index in [1.54, 1.807) is 6.07 Å². The molecule has 11 heteroatoms. The molecule has 2 N–H and O–H groups in total. The number of nitrogens with one attached hydrogen (secondary N) is 1. The molecule has 126 valence electrons. The smallest absolute Gasteiger partial charge is 0.303 e. The highest BCUT2D eigenvalue weighted by Crippen LogP contribution is 2.26. The van der Waals surface area contributed by atoms with E-state index in [9.17, 15) is 14.4 Å². The number of halogens is 3. The first kappa shape index (κ1) is 18.4. The van der Waals surface area contributed by atoms with Gasteiger partial charge in [0.15, 0.2) is 10.3 Å². The van der Waals surface area contributed by atoms with E-state index >= 15 is 0 Å². The third-order valence-electron chi connectivity index (χ3n) is 2.74. The minimum Gasteiger partial charge on any atom is -0.481 e. The van der Waals surface area contributed by atoms with Gasteiger partial charge < -0.3 is 10.4 Å². The van der Waals surface area contributed by atoms with Crippen molar-refractivity contribution in [3.63, 3.8) is 0 Å². The summed E-state index contributed by atoms with van der Waals surface area (Å²) in [5, 5.41) is 19.2. The molecule has 8 nitrogen and oxygen atoms in total. The first-order valence-corrected chi connectivity index (χ1v) is 7.97. The van der Waals surface area contributed by atoms with Gasteiger partial charge in [0.05, 0.1) is 17.1 Å². The second-order valence-corrected chi connectivity index (χ2v) is 6.09. The Bertz CT molecular complexity index is 824. The number of nitrogens with zero attached hydrogens (tertiary/aromatic N) is 3. The molecule has 1 aromatic carbocycles. The van der Waals surface area contributed by atoms with Crippen molar-refractivity contribution in [3.8, 4) is 0 Å². The molecule has 0 saturated heterocycles. The molecule has 1 aromatic heterocycles. The molecule has 0 atom stereocenters. The van der Waals surface area contributed by atoms with Crippen LogP contribution in [0.2, 0.25) is 10.0 Å². The number of aliphatic carboxylic acids is 1. The summed E-state index contributed by atoms with van der Waals surface area (Å²) in [6.45, 7) is 0. The van der Waals surface area contributed by atoms with Gasteiger partial charge in [-0.15, -0.1) is 15.0 Å². The zero-order valence-electron chi connectivity index (χ0n) is 11.8. The molecule has 2 rings (SSSR count). The van der Waals surface area contributed by atoms with E-state index < -0.39 is 17.8 Å². The fourth-order valence-electron chi connectivity index (χ4n) is 1.63. The molecule has 0 aliphatic carbocycles. The van der Waals surface area contributed by atoms with E-state index in [4.69, 9.17) is 28.3 Å². The second kappa shape index (κ2) is 7.73. The maximum absolute atomic E-state index is 12.2. The third-order valence-corrected chi connectivity index (χ3v) is 3.82. The lowest BCUT2D eigenvalue weighted by atomic mass is 10.3. The van der Waals surface area contributed by atoms with E-state index in [-0.39, 0.29) is 28.2 Å². The Morgan fingerprint density at radius 3 is 2.54 bits per heavy atom.